The molecule has 2 aromatic rings. The molecular weight excluding hydrogens is 415 g/mol. The van der Waals surface area contributed by atoms with E-state index < -0.39 is 0 Å². The number of nitrogens with one attached hydrogen (secondary N) is 2. The lowest BCUT2D eigenvalue weighted by molar-refractivity contribution is 0.0978. The summed E-state index contributed by atoms with van der Waals surface area (Å²) in [6.45, 7) is 5.81. The first kappa shape index (κ1) is 20.9. The second-order valence-corrected chi connectivity index (χ2v) is 8.07. The van der Waals surface area contributed by atoms with Crippen molar-refractivity contribution in [3.8, 4) is 0 Å². The van der Waals surface area contributed by atoms with Crippen molar-refractivity contribution in [2.75, 3.05) is 43.4 Å². The first-order chi connectivity index (χ1) is 13.3. The summed E-state index contributed by atoms with van der Waals surface area (Å²) in [5.74, 6) is -0.359. The van der Waals surface area contributed by atoms with Crippen LogP contribution in [0.5, 0.6) is 0 Å². The number of anilines is 2. The molecule has 1 saturated heterocycles. The normalized spacial score (nSPS) is 14.6. The van der Waals surface area contributed by atoms with Gasteiger partial charge in [-0.15, -0.1) is 0 Å². The van der Waals surface area contributed by atoms with E-state index >= 15 is 0 Å². The minimum absolute atomic E-state index is 0.185. The summed E-state index contributed by atoms with van der Waals surface area (Å²) in [5.41, 5.74) is 3.07. The molecule has 0 unspecified atom stereocenters. The van der Waals surface area contributed by atoms with Gasteiger partial charge in [0.2, 0.25) is 0 Å². The Morgan fingerprint density at radius 3 is 2.39 bits per heavy atom. The molecule has 8 heteroatoms. The summed E-state index contributed by atoms with van der Waals surface area (Å²) < 4.78 is 0. The first-order valence-corrected chi connectivity index (χ1v) is 10.1. The Balaban J connectivity index is 1.62. The van der Waals surface area contributed by atoms with Crippen LogP contribution in [-0.2, 0) is 0 Å². The summed E-state index contributed by atoms with van der Waals surface area (Å²) >= 11 is 17.9. The number of halogens is 2. The average molecular weight is 437 g/mol. The zero-order valence-electron chi connectivity index (χ0n) is 15.8. The number of hydrogen-bond donors (Lipinski definition) is 2. The highest BCUT2D eigenvalue weighted by Crippen LogP contribution is 2.29. The first-order valence-electron chi connectivity index (χ1n) is 8.95. The minimum Gasteiger partial charge on any atom is -0.368 e. The van der Waals surface area contributed by atoms with Crippen LogP contribution in [0, 0.1) is 6.92 Å². The third-order valence-electron chi connectivity index (χ3n) is 4.65. The molecule has 0 aromatic heterocycles. The Kier molecular flexibility index (Phi) is 6.78. The molecule has 3 rings (SSSR count). The Morgan fingerprint density at radius 2 is 1.75 bits per heavy atom. The topological polar surface area (TPSA) is 47.6 Å². The molecule has 0 aliphatic carbocycles. The third kappa shape index (κ3) is 5.14. The van der Waals surface area contributed by atoms with Crippen LogP contribution in [0.25, 0.3) is 0 Å². The van der Waals surface area contributed by atoms with Crippen LogP contribution in [0.2, 0.25) is 10.0 Å². The lowest BCUT2D eigenvalue weighted by atomic mass is 10.1. The van der Waals surface area contributed by atoms with Crippen molar-refractivity contribution < 1.29 is 4.79 Å². The van der Waals surface area contributed by atoms with E-state index in [1.54, 1.807) is 12.1 Å². The number of piperazine rings is 1. The van der Waals surface area contributed by atoms with Crippen LogP contribution in [0.1, 0.15) is 15.9 Å². The molecule has 5 nitrogen and oxygen atoms in total. The summed E-state index contributed by atoms with van der Waals surface area (Å²) in [4.78, 5) is 16.9. The molecule has 0 saturated carbocycles. The van der Waals surface area contributed by atoms with Gasteiger partial charge in [-0.25, -0.2) is 0 Å². The Hall–Kier alpha value is -1.86. The van der Waals surface area contributed by atoms with E-state index in [1.165, 1.54) is 0 Å². The summed E-state index contributed by atoms with van der Waals surface area (Å²) in [6, 6.07) is 10.9. The standard InChI is InChI=1S/C20H22Cl2N4OS/c1-13-3-5-15(16(21)11-13)19(27)24-20(28)23-14-4-6-18(17(22)12-14)26-9-7-25(2)8-10-26/h3-6,11-12H,7-10H2,1-2H3,(H2,23,24,27,28). The molecule has 0 atom stereocenters. The fraction of sp³-hybridized carbons (Fsp3) is 0.300. The van der Waals surface area contributed by atoms with Gasteiger partial charge < -0.3 is 15.1 Å². The van der Waals surface area contributed by atoms with Gasteiger partial charge in [-0.1, -0.05) is 29.3 Å². The number of carbonyl (C=O) groups excluding carboxylic acids is 1. The van der Waals surface area contributed by atoms with Gasteiger partial charge in [-0.05, 0) is 62.1 Å². The zero-order valence-corrected chi connectivity index (χ0v) is 18.1. The maximum atomic E-state index is 12.4. The van der Waals surface area contributed by atoms with E-state index in [0.717, 1.165) is 37.4 Å². The second kappa shape index (κ2) is 9.09. The molecule has 1 amide bonds. The van der Waals surface area contributed by atoms with Crippen LogP contribution >= 0.6 is 35.4 Å². The van der Waals surface area contributed by atoms with Crippen molar-refractivity contribution in [3.63, 3.8) is 0 Å². The Bertz CT molecular complexity index is 898. The number of carbonyl (C=O) groups is 1. The summed E-state index contributed by atoms with van der Waals surface area (Å²) in [6.07, 6.45) is 0. The zero-order chi connectivity index (χ0) is 20.3. The lowest BCUT2D eigenvalue weighted by Gasteiger charge is -2.34. The van der Waals surface area contributed by atoms with Crippen molar-refractivity contribution in [2.24, 2.45) is 0 Å². The van der Waals surface area contributed by atoms with Crippen LogP contribution in [0.4, 0.5) is 11.4 Å². The highest BCUT2D eigenvalue weighted by molar-refractivity contribution is 7.80. The van der Waals surface area contributed by atoms with Crippen molar-refractivity contribution in [1.29, 1.82) is 0 Å². The molecular formula is C20H22Cl2N4OS. The highest BCUT2D eigenvalue weighted by Gasteiger charge is 2.17. The van der Waals surface area contributed by atoms with Crippen molar-refractivity contribution in [1.82, 2.24) is 10.2 Å². The lowest BCUT2D eigenvalue weighted by Crippen LogP contribution is -2.44. The fourth-order valence-corrected chi connectivity index (χ4v) is 3.86. The number of nitrogens with zero attached hydrogens (tertiary/aromatic N) is 2. The third-order valence-corrected chi connectivity index (χ3v) is 5.47. The van der Waals surface area contributed by atoms with Crippen molar-refractivity contribution >= 4 is 57.8 Å². The molecule has 1 aliphatic heterocycles. The van der Waals surface area contributed by atoms with Crippen LogP contribution < -0.4 is 15.5 Å². The molecule has 2 aromatic carbocycles. The second-order valence-electron chi connectivity index (χ2n) is 6.85. The number of thiocarbonyl (C=S) groups is 1. The van der Waals surface area contributed by atoms with Gasteiger partial charge in [-0.3, -0.25) is 10.1 Å². The van der Waals surface area contributed by atoms with Crippen molar-refractivity contribution in [3.05, 3.63) is 57.6 Å². The molecule has 2 N–H and O–H groups in total. The van der Waals surface area contributed by atoms with Gasteiger partial charge in [0.15, 0.2) is 5.11 Å². The van der Waals surface area contributed by atoms with Gasteiger partial charge in [0.1, 0.15) is 0 Å². The monoisotopic (exact) mass is 436 g/mol. The summed E-state index contributed by atoms with van der Waals surface area (Å²) in [5, 5.41) is 6.86. The highest BCUT2D eigenvalue weighted by atomic mass is 35.5. The SMILES string of the molecule is Cc1ccc(C(=O)NC(=S)Nc2ccc(N3CCN(C)CC3)c(Cl)c2)c(Cl)c1. The molecule has 0 spiro atoms. The molecule has 148 valence electrons. The maximum absolute atomic E-state index is 12.4. The Morgan fingerprint density at radius 1 is 1.04 bits per heavy atom. The number of rotatable bonds is 3. The number of likely N-dealkylation sites (N-methyl/N-ethyl adjacent to an activating group) is 1. The van der Waals surface area contributed by atoms with Gasteiger partial charge in [0, 0.05) is 31.9 Å². The van der Waals surface area contributed by atoms with Crippen molar-refractivity contribution in [2.45, 2.75) is 6.92 Å². The fourth-order valence-electron chi connectivity index (χ4n) is 3.03. The molecule has 1 fully saturated rings. The van der Waals surface area contributed by atoms with E-state index in [0.29, 0.717) is 21.3 Å². The summed E-state index contributed by atoms with van der Waals surface area (Å²) in [7, 11) is 2.12. The smallest absolute Gasteiger partial charge is 0.258 e. The van der Waals surface area contributed by atoms with E-state index in [4.69, 9.17) is 35.4 Å². The van der Waals surface area contributed by atoms with E-state index in [2.05, 4.69) is 27.5 Å². The predicted molar refractivity (Wildman–Crippen MR) is 121 cm³/mol. The minimum atomic E-state index is -0.359. The largest absolute Gasteiger partial charge is 0.368 e. The molecule has 28 heavy (non-hydrogen) atoms. The van der Waals surface area contributed by atoms with Crippen LogP contribution in [0.15, 0.2) is 36.4 Å². The van der Waals surface area contributed by atoms with Gasteiger partial charge >= 0.3 is 0 Å². The number of hydrogen-bond acceptors (Lipinski definition) is 4. The quantitative estimate of drug-likeness (QED) is 0.706. The maximum Gasteiger partial charge on any atom is 0.258 e. The van der Waals surface area contributed by atoms with Gasteiger partial charge in [0.05, 0.1) is 21.3 Å². The van der Waals surface area contributed by atoms with E-state index in [9.17, 15) is 4.79 Å². The molecule has 0 radical (unpaired) electrons. The average Bonchev–Trinajstić information content (AvgIpc) is 2.62. The Labute approximate surface area is 180 Å². The predicted octanol–water partition coefficient (Wildman–Crippen LogP) is 4.18. The van der Waals surface area contributed by atoms with Gasteiger partial charge in [-0.2, -0.15) is 0 Å². The van der Waals surface area contributed by atoms with Gasteiger partial charge in [0.25, 0.3) is 5.91 Å². The number of amides is 1. The number of aryl methyl sites for hydroxylation is 1. The van der Waals surface area contributed by atoms with Crippen LogP contribution in [0.3, 0.4) is 0 Å². The molecule has 1 aliphatic rings. The van der Waals surface area contributed by atoms with E-state index in [1.807, 2.05) is 31.2 Å². The molecule has 1 heterocycles. The number of benzene rings is 2. The molecule has 0 bridgehead atoms. The van der Waals surface area contributed by atoms with Crippen LogP contribution in [-0.4, -0.2) is 49.1 Å². The van der Waals surface area contributed by atoms with E-state index in [-0.39, 0.29) is 11.0 Å².